The van der Waals surface area contributed by atoms with Crippen LogP contribution in [0.5, 0.6) is 0 Å². The summed E-state index contributed by atoms with van der Waals surface area (Å²) in [5.41, 5.74) is -1.16. The maximum Gasteiger partial charge on any atom is 0.417 e. The van der Waals surface area contributed by atoms with Crippen LogP contribution in [0.25, 0.3) is 10.9 Å². The molecular weight excluding hydrogens is 419 g/mol. The van der Waals surface area contributed by atoms with Crippen molar-refractivity contribution < 1.29 is 26.4 Å². The van der Waals surface area contributed by atoms with Crippen LogP contribution in [0.4, 0.5) is 18.9 Å². The molecule has 1 aromatic heterocycles. The van der Waals surface area contributed by atoms with Crippen molar-refractivity contribution in [2.24, 2.45) is 0 Å². The van der Waals surface area contributed by atoms with Gasteiger partial charge in [0.1, 0.15) is 0 Å². The van der Waals surface area contributed by atoms with E-state index in [1.54, 1.807) is 13.0 Å². The van der Waals surface area contributed by atoms with Crippen LogP contribution in [-0.2, 0) is 16.2 Å². The zero-order chi connectivity index (χ0) is 22.3. The minimum atomic E-state index is -4.79. The smallest absolute Gasteiger partial charge is 0.322 e. The third-order valence-electron chi connectivity index (χ3n) is 4.51. The highest BCUT2D eigenvalue weighted by Gasteiger charge is 2.37. The second-order valence-electron chi connectivity index (χ2n) is 6.78. The summed E-state index contributed by atoms with van der Waals surface area (Å²) in [6.45, 7) is 1.58. The van der Waals surface area contributed by atoms with Gasteiger partial charge in [0, 0.05) is 31.4 Å². The molecule has 0 saturated carbocycles. The van der Waals surface area contributed by atoms with Crippen LogP contribution in [0, 0.1) is 6.92 Å². The summed E-state index contributed by atoms with van der Waals surface area (Å²) in [4.78, 5) is 16.6. The number of anilines is 1. The van der Waals surface area contributed by atoms with Crippen molar-refractivity contribution in [2.75, 3.05) is 19.4 Å². The molecule has 0 aliphatic rings. The average molecular weight is 437 g/mol. The largest absolute Gasteiger partial charge is 0.417 e. The summed E-state index contributed by atoms with van der Waals surface area (Å²) in [6.07, 6.45) is -3.92. The van der Waals surface area contributed by atoms with Crippen LogP contribution >= 0.6 is 0 Å². The van der Waals surface area contributed by atoms with E-state index in [9.17, 15) is 26.4 Å². The van der Waals surface area contributed by atoms with Gasteiger partial charge in [0.05, 0.1) is 21.5 Å². The Labute approximate surface area is 171 Å². The van der Waals surface area contributed by atoms with Gasteiger partial charge in [0.15, 0.2) is 0 Å². The molecule has 1 amide bonds. The minimum Gasteiger partial charge on any atom is -0.322 e. The van der Waals surface area contributed by atoms with E-state index in [0.717, 1.165) is 10.5 Å². The predicted molar refractivity (Wildman–Crippen MR) is 107 cm³/mol. The molecule has 1 heterocycles. The highest BCUT2D eigenvalue weighted by molar-refractivity contribution is 7.89. The third kappa shape index (κ3) is 4.01. The first-order chi connectivity index (χ1) is 13.9. The molecule has 158 valence electrons. The summed E-state index contributed by atoms with van der Waals surface area (Å²) in [7, 11) is -1.09. The number of benzene rings is 2. The van der Waals surface area contributed by atoms with Gasteiger partial charge < -0.3 is 5.32 Å². The molecule has 1 N–H and O–H groups in total. The quantitative estimate of drug-likeness (QED) is 0.668. The number of pyridine rings is 1. The molecule has 2 aromatic carbocycles. The number of halogens is 3. The molecule has 3 rings (SSSR count). The van der Waals surface area contributed by atoms with Crippen LogP contribution in [0.2, 0.25) is 0 Å². The number of nitrogens with zero attached hydrogens (tertiary/aromatic N) is 2. The van der Waals surface area contributed by atoms with E-state index in [0.29, 0.717) is 5.56 Å². The van der Waals surface area contributed by atoms with Gasteiger partial charge in [0.2, 0.25) is 10.0 Å². The Hall–Kier alpha value is -2.98. The highest BCUT2D eigenvalue weighted by atomic mass is 32.2. The Morgan fingerprint density at radius 1 is 1.10 bits per heavy atom. The van der Waals surface area contributed by atoms with Crippen LogP contribution in [-0.4, -0.2) is 37.7 Å². The van der Waals surface area contributed by atoms with Gasteiger partial charge in [-0.25, -0.2) is 12.7 Å². The van der Waals surface area contributed by atoms with Crippen LogP contribution in [0.1, 0.15) is 21.5 Å². The van der Waals surface area contributed by atoms with E-state index >= 15 is 0 Å². The van der Waals surface area contributed by atoms with E-state index in [-0.39, 0.29) is 21.5 Å². The molecule has 0 radical (unpaired) electrons. The Bertz CT molecular complexity index is 1240. The number of para-hydroxylation sites is 1. The molecule has 6 nitrogen and oxygen atoms in total. The first-order valence-electron chi connectivity index (χ1n) is 8.72. The summed E-state index contributed by atoms with van der Waals surface area (Å²) in [5.74, 6) is -1.04. The molecule has 0 aliphatic heterocycles. The lowest BCUT2D eigenvalue weighted by atomic mass is 10.0. The summed E-state index contributed by atoms with van der Waals surface area (Å²) in [6, 6.07) is 9.75. The van der Waals surface area contributed by atoms with Gasteiger partial charge in [-0.05, 0) is 30.7 Å². The molecule has 30 heavy (non-hydrogen) atoms. The monoisotopic (exact) mass is 437 g/mol. The number of aromatic nitrogens is 1. The summed E-state index contributed by atoms with van der Waals surface area (Å²) in [5, 5.41) is 2.16. The van der Waals surface area contributed by atoms with E-state index < -0.39 is 33.2 Å². The highest BCUT2D eigenvalue weighted by Crippen LogP contribution is 2.37. The standard InChI is InChI=1S/C20H18F3N3O3S/c1-12-8-9-13(10-17(12)30(28,29)26(2)3)25-19(27)15-11-24-16-7-5-4-6-14(16)18(15)20(21,22)23/h4-11H,1-3H3,(H,25,27). The maximum absolute atomic E-state index is 13.7. The third-order valence-corrected chi connectivity index (χ3v) is 6.47. The number of rotatable bonds is 4. The topological polar surface area (TPSA) is 79.4 Å². The van der Waals surface area contributed by atoms with Crippen molar-refractivity contribution >= 4 is 32.5 Å². The molecule has 0 fully saturated rings. The normalized spacial score (nSPS) is 12.4. The Morgan fingerprint density at radius 2 is 1.77 bits per heavy atom. The van der Waals surface area contributed by atoms with Crippen molar-refractivity contribution in [3.8, 4) is 0 Å². The van der Waals surface area contributed by atoms with Crippen molar-refractivity contribution in [3.05, 3.63) is 65.4 Å². The molecule has 0 unspecified atom stereocenters. The van der Waals surface area contributed by atoms with Crippen molar-refractivity contribution in [1.29, 1.82) is 0 Å². The van der Waals surface area contributed by atoms with Crippen LogP contribution in [0.15, 0.2) is 53.6 Å². The van der Waals surface area contributed by atoms with Gasteiger partial charge in [-0.2, -0.15) is 13.2 Å². The predicted octanol–water partition coefficient (Wildman–Crippen LogP) is 4.06. The molecule has 10 heteroatoms. The summed E-state index contributed by atoms with van der Waals surface area (Å²) < 4.78 is 67.1. The van der Waals surface area contributed by atoms with Gasteiger partial charge in [-0.3, -0.25) is 9.78 Å². The molecule has 0 spiro atoms. The number of hydrogen-bond acceptors (Lipinski definition) is 4. The second-order valence-corrected chi connectivity index (χ2v) is 8.90. The lowest BCUT2D eigenvalue weighted by Gasteiger charge is -2.17. The van der Waals surface area contributed by atoms with Crippen molar-refractivity contribution in [1.82, 2.24) is 9.29 Å². The maximum atomic E-state index is 13.7. The summed E-state index contributed by atoms with van der Waals surface area (Å²) >= 11 is 0. The SMILES string of the molecule is Cc1ccc(NC(=O)c2cnc3ccccc3c2C(F)(F)F)cc1S(=O)(=O)N(C)C. The van der Waals surface area contributed by atoms with E-state index in [2.05, 4.69) is 10.3 Å². The number of carbonyl (C=O) groups excluding carboxylic acids is 1. The number of aryl methyl sites for hydroxylation is 1. The second kappa shape index (κ2) is 7.69. The van der Waals surface area contributed by atoms with E-state index in [1.807, 2.05) is 0 Å². The number of sulfonamides is 1. The molecule has 0 aliphatic carbocycles. The van der Waals surface area contributed by atoms with Gasteiger partial charge in [0.25, 0.3) is 5.91 Å². The number of fused-ring (bicyclic) bond motifs is 1. The molecule has 0 bridgehead atoms. The Kier molecular flexibility index (Phi) is 5.57. The van der Waals surface area contributed by atoms with Crippen molar-refractivity contribution in [3.63, 3.8) is 0 Å². The average Bonchev–Trinajstić information content (AvgIpc) is 2.67. The molecule has 3 aromatic rings. The Morgan fingerprint density at radius 3 is 2.40 bits per heavy atom. The fraction of sp³-hybridized carbons (Fsp3) is 0.200. The number of nitrogens with one attached hydrogen (secondary N) is 1. The lowest BCUT2D eigenvalue weighted by Crippen LogP contribution is -2.23. The zero-order valence-corrected chi connectivity index (χ0v) is 17.1. The minimum absolute atomic E-state index is 0.0484. The number of carbonyl (C=O) groups is 1. The van der Waals surface area contributed by atoms with Crippen molar-refractivity contribution in [2.45, 2.75) is 18.0 Å². The first-order valence-corrected chi connectivity index (χ1v) is 10.2. The zero-order valence-electron chi connectivity index (χ0n) is 16.3. The molecular formula is C20H18F3N3O3S. The lowest BCUT2D eigenvalue weighted by molar-refractivity contribution is -0.136. The first kappa shape index (κ1) is 21.7. The van der Waals surface area contributed by atoms with Crippen LogP contribution in [0.3, 0.4) is 0 Å². The number of amides is 1. The number of alkyl halides is 3. The fourth-order valence-electron chi connectivity index (χ4n) is 2.97. The van der Waals surface area contributed by atoms with E-state index in [1.165, 1.54) is 50.5 Å². The van der Waals surface area contributed by atoms with Gasteiger partial charge >= 0.3 is 6.18 Å². The molecule has 0 saturated heterocycles. The van der Waals surface area contributed by atoms with Gasteiger partial charge in [-0.15, -0.1) is 0 Å². The molecule has 0 atom stereocenters. The van der Waals surface area contributed by atoms with E-state index in [4.69, 9.17) is 0 Å². The fourth-order valence-corrected chi connectivity index (χ4v) is 4.11. The number of hydrogen-bond donors (Lipinski definition) is 1. The van der Waals surface area contributed by atoms with Gasteiger partial charge in [-0.1, -0.05) is 24.3 Å². The van der Waals surface area contributed by atoms with Crippen LogP contribution < -0.4 is 5.32 Å². The Balaban J connectivity index is 2.07.